The van der Waals surface area contributed by atoms with Crippen molar-refractivity contribution in [1.29, 1.82) is 0 Å². The maximum atomic E-state index is 13.8. The quantitative estimate of drug-likeness (QED) is 0.895. The molecule has 0 saturated heterocycles. The zero-order valence-electron chi connectivity index (χ0n) is 11.5. The van der Waals surface area contributed by atoms with Gasteiger partial charge in [-0.1, -0.05) is 0 Å². The number of hydrogen-bond donors (Lipinski definition) is 1. The molecule has 1 aromatic carbocycles. The molecule has 1 aliphatic rings. The van der Waals surface area contributed by atoms with Crippen LogP contribution in [-0.2, 0) is 4.79 Å². The number of halogens is 1. The molecule has 0 atom stereocenters. The maximum Gasteiger partial charge on any atom is 0.224 e. The van der Waals surface area contributed by atoms with Gasteiger partial charge >= 0.3 is 0 Å². The van der Waals surface area contributed by atoms with Crippen LogP contribution < -0.4 is 15.0 Å². The number of nitrogens with one attached hydrogen (secondary N) is 1. The number of amides is 1. The van der Waals surface area contributed by atoms with E-state index in [0.717, 1.165) is 18.7 Å². The van der Waals surface area contributed by atoms with Crippen LogP contribution in [0.25, 0.3) is 0 Å². The zero-order valence-corrected chi connectivity index (χ0v) is 11.5. The van der Waals surface area contributed by atoms with Crippen LogP contribution in [0.1, 0.15) is 26.7 Å². The van der Waals surface area contributed by atoms with Gasteiger partial charge in [-0.05, 0) is 20.3 Å². The fourth-order valence-corrected chi connectivity index (χ4v) is 2.32. The lowest BCUT2D eigenvalue weighted by atomic mass is 10.1. The molecule has 1 amide bonds. The summed E-state index contributed by atoms with van der Waals surface area (Å²) in [6, 6.07) is 3.24. The Morgan fingerprint density at radius 2 is 2.16 bits per heavy atom. The number of methoxy groups -OCH3 is 1. The molecule has 19 heavy (non-hydrogen) atoms. The van der Waals surface area contributed by atoms with Gasteiger partial charge in [0.1, 0.15) is 0 Å². The molecular formula is C14H19FN2O2. The van der Waals surface area contributed by atoms with Crippen molar-refractivity contribution in [2.45, 2.75) is 32.7 Å². The first-order valence-corrected chi connectivity index (χ1v) is 6.47. The third-order valence-electron chi connectivity index (χ3n) is 3.28. The van der Waals surface area contributed by atoms with E-state index in [0.29, 0.717) is 12.1 Å². The molecule has 2 rings (SSSR count). The molecule has 5 heteroatoms. The first kappa shape index (κ1) is 13.6. The summed E-state index contributed by atoms with van der Waals surface area (Å²) in [5, 5.41) is 2.76. The second kappa shape index (κ2) is 5.47. The van der Waals surface area contributed by atoms with Gasteiger partial charge in [0.15, 0.2) is 11.6 Å². The molecule has 0 bridgehead atoms. The zero-order chi connectivity index (χ0) is 14.0. The Balaban J connectivity index is 2.52. The summed E-state index contributed by atoms with van der Waals surface area (Å²) in [5.41, 5.74) is 1.32. The monoisotopic (exact) mass is 266 g/mol. The van der Waals surface area contributed by atoms with Crippen molar-refractivity contribution in [3.8, 4) is 5.75 Å². The molecule has 0 spiro atoms. The van der Waals surface area contributed by atoms with E-state index in [1.165, 1.54) is 13.2 Å². The van der Waals surface area contributed by atoms with Crippen molar-refractivity contribution in [3.63, 3.8) is 0 Å². The van der Waals surface area contributed by atoms with E-state index in [-0.39, 0.29) is 17.7 Å². The number of carbonyl (C=O) groups excluding carboxylic acids is 1. The Bertz CT molecular complexity index is 489. The highest BCUT2D eigenvalue weighted by atomic mass is 19.1. The highest BCUT2D eigenvalue weighted by molar-refractivity contribution is 5.95. The molecule has 104 valence electrons. The van der Waals surface area contributed by atoms with Gasteiger partial charge in [0.25, 0.3) is 0 Å². The number of anilines is 2. The lowest BCUT2D eigenvalue weighted by Crippen LogP contribution is -2.34. The number of nitrogens with zero attached hydrogens (tertiary/aromatic N) is 1. The molecule has 0 fully saturated rings. The Morgan fingerprint density at radius 1 is 1.42 bits per heavy atom. The number of carbonyl (C=O) groups is 1. The van der Waals surface area contributed by atoms with Gasteiger partial charge in [-0.15, -0.1) is 0 Å². The van der Waals surface area contributed by atoms with Crippen LogP contribution in [0.2, 0.25) is 0 Å². The highest BCUT2D eigenvalue weighted by Gasteiger charge is 2.21. The summed E-state index contributed by atoms with van der Waals surface area (Å²) in [7, 11) is 1.44. The number of ether oxygens (including phenoxy) is 1. The van der Waals surface area contributed by atoms with Gasteiger partial charge in [0.05, 0.1) is 18.5 Å². The van der Waals surface area contributed by atoms with Gasteiger partial charge in [0.2, 0.25) is 5.91 Å². The van der Waals surface area contributed by atoms with Crippen molar-refractivity contribution >= 4 is 17.3 Å². The molecule has 0 aromatic heterocycles. The minimum Gasteiger partial charge on any atom is -0.494 e. The first-order valence-electron chi connectivity index (χ1n) is 6.47. The van der Waals surface area contributed by atoms with E-state index in [1.807, 2.05) is 0 Å². The summed E-state index contributed by atoms with van der Waals surface area (Å²) >= 11 is 0. The van der Waals surface area contributed by atoms with Crippen molar-refractivity contribution < 1.29 is 13.9 Å². The highest BCUT2D eigenvalue weighted by Crippen LogP contribution is 2.35. The van der Waals surface area contributed by atoms with Crippen LogP contribution in [0.3, 0.4) is 0 Å². The molecule has 1 heterocycles. The fourth-order valence-electron chi connectivity index (χ4n) is 2.32. The molecule has 1 N–H and O–H groups in total. The predicted octanol–water partition coefficient (Wildman–Crippen LogP) is 2.78. The van der Waals surface area contributed by atoms with E-state index >= 15 is 0 Å². The van der Waals surface area contributed by atoms with E-state index < -0.39 is 5.82 Å². The molecule has 0 unspecified atom stereocenters. The summed E-state index contributed by atoms with van der Waals surface area (Å²) in [4.78, 5) is 13.8. The summed E-state index contributed by atoms with van der Waals surface area (Å²) in [6.45, 7) is 4.92. The minimum absolute atomic E-state index is 0.0748. The van der Waals surface area contributed by atoms with E-state index in [9.17, 15) is 9.18 Å². The van der Waals surface area contributed by atoms with Gasteiger partial charge in [0, 0.05) is 31.1 Å². The van der Waals surface area contributed by atoms with Crippen LogP contribution in [-0.4, -0.2) is 25.6 Å². The third kappa shape index (κ3) is 2.80. The van der Waals surface area contributed by atoms with Crippen molar-refractivity contribution in [3.05, 3.63) is 17.9 Å². The number of fused-ring (bicyclic) bond motifs is 1. The summed E-state index contributed by atoms with van der Waals surface area (Å²) < 4.78 is 18.8. The summed E-state index contributed by atoms with van der Waals surface area (Å²) in [6.07, 6.45) is 1.24. The molecule has 1 aromatic rings. The Hall–Kier alpha value is -1.78. The smallest absolute Gasteiger partial charge is 0.224 e. The normalized spacial score (nSPS) is 15.6. The van der Waals surface area contributed by atoms with Crippen molar-refractivity contribution in [2.75, 3.05) is 23.9 Å². The fraction of sp³-hybridized carbons (Fsp3) is 0.500. The SMILES string of the molecule is COc1cc2c(cc1F)NC(=O)CCCN2C(C)C. The molecule has 1 aliphatic heterocycles. The Kier molecular flexibility index (Phi) is 3.93. The molecular weight excluding hydrogens is 247 g/mol. The molecule has 0 aliphatic carbocycles. The predicted molar refractivity (Wildman–Crippen MR) is 73.3 cm³/mol. The third-order valence-corrected chi connectivity index (χ3v) is 3.28. The lowest BCUT2D eigenvalue weighted by molar-refractivity contribution is -0.116. The first-order chi connectivity index (χ1) is 9.02. The standard InChI is InChI=1S/C14H19FN2O2/c1-9(2)17-6-4-5-14(18)16-11-7-10(15)13(19-3)8-12(11)17/h7-9H,4-6H2,1-3H3,(H,16,18). The topological polar surface area (TPSA) is 41.6 Å². The van der Waals surface area contributed by atoms with Crippen LogP contribution >= 0.6 is 0 Å². The van der Waals surface area contributed by atoms with E-state index in [2.05, 4.69) is 24.1 Å². The average molecular weight is 266 g/mol. The van der Waals surface area contributed by atoms with Crippen LogP contribution in [0.4, 0.5) is 15.8 Å². The molecule has 0 radical (unpaired) electrons. The van der Waals surface area contributed by atoms with Crippen LogP contribution in [0.15, 0.2) is 12.1 Å². The number of rotatable bonds is 2. The van der Waals surface area contributed by atoms with Crippen molar-refractivity contribution in [2.24, 2.45) is 0 Å². The average Bonchev–Trinajstić information content (AvgIpc) is 2.33. The number of hydrogen-bond acceptors (Lipinski definition) is 3. The van der Waals surface area contributed by atoms with Crippen LogP contribution in [0, 0.1) is 5.82 Å². The summed E-state index contributed by atoms with van der Waals surface area (Å²) in [5.74, 6) is -0.348. The number of benzene rings is 1. The lowest BCUT2D eigenvalue weighted by Gasteiger charge is -2.32. The van der Waals surface area contributed by atoms with Gasteiger partial charge in [-0.2, -0.15) is 0 Å². The second-order valence-corrected chi connectivity index (χ2v) is 4.94. The molecule has 4 nitrogen and oxygen atoms in total. The Morgan fingerprint density at radius 3 is 2.79 bits per heavy atom. The maximum absolute atomic E-state index is 13.8. The Labute approximate surface area is 112 Å². The van der Waals surface area contributed by atoms with Crippen LogP contribution in [0.5, 0.6) is 5.75 Å². The van der Waals surface area contributed by atoms with Gasteiger partial charge in [-0.3, -0.25) is 4.79 Å². The van der Waals surface area contributed by atoms with Gasteiger partial charge in [-0.25, -0.2) is 4.39 Å². The van der Waals surface area contributed by atoms with Gasteiger partial charge < -0.3 is 15.0 Å². The largest absolute Gasteiger partial charge is 0.494 e. The van der Waals surface area contributed by atoms with Crippen molar-refractivity contribution in [1.82, 2.24) is 0 Å². The second-order valence-electron chi connectivity index (χ2n) is 4.94. The molecule has 0 saturated carbocycles. The van der Waals surface area contributed by atoms with E-state index in [1.54, 1.807) is 6.07 Å². The van der Waals surface area contributed by atoms with E-state index in [4.69, 9.17) is 4.74 Å². The minimum atomic E-state index is -0.467.